The number of ether oxygens (including phenoxy) is 2. The lowest BCUT2D eigenvalue weighted by atomic mass is 9.75. The third-order valence-electron chi connectivity index (χ3n) is 3.36. The molecule has 1 heterocycles. The molecule has 2 rings (SSSR count). The van der Waals surface area contributed by atoms with Crippen molar-refractivity contribution >= 4 is 11.6 Å². The largest absolute Gasteiger partial charge is 0.497 e. The van der Waals surface area contributed by atoms with Crippen molar-refractivity contribution in [1.29, 1.82) is 0 Å². The minimum absolute atomic E-state index is 0.0583. The van der Waals surface area contributed by atoms with Gasteiger partial charge in [-0.15, -0.1) is 0 Å². The van der Waals surface area contributed by atoms with Crippen LogP contribution < -0.4 is 10.5 Å². The SMILES string of the molecule is COc1ccc(C2(CCCN)COC2)c(Cl)c1. The van der Waals surface area contributed by atoms with E-state index in [0.717, 1.165) is 42.4 Å². The van der Waals surface area contributed by atoms with E-state index in [1.165, 1.54) is 0 Å². The first-order valence-electron chi connectivity index (χ1n) is 5.84. The summed E-state index contributed by atoms with van der Waals surface area (Å²) in [5.41, 5.74) is 6.79. The lowest BCUT2D eigenvalue weighted by Crippen LogP contribution is -2.47. The lowest BCUT2D eigenvalue weighted by Gasteiger charge is -2.42. The Morgan fingerprint density at radius 1 is 1.47 bits per heavy atom. The summed E-state index contributed by atoms with van der Waals surface area (Å²) in [6.45, 7) is 2.17. The molecule has 3 nitrogen and oxygen atoms in total. The molecule has 4 heteroatoms. The second-order valence-electron chi connectivity index (χ2n) is 4.51. The van der Waals surface area contributed by atoms with Crippen molar-refractivity contribution < 1.29 is 9.47 Å². The quantitative estimate of drug-likeness (QED) is 0.879. The number of methoxy groups -OCH3 is 1. The lowest BCUT2D eigenvalue weighted by molar-refractivity contribution is -0.0648. The third kappa shape index (κ3) is 2.41. The zero-order valence-corrected chi connectivity index (χ0v) is 10.8. The topological polar surface area (TPSA) is 44.5 Å². The van der Waals surface area contributed by atoms with Crippen LogP contribution in [-0.4, -0.2) is 26.9 Å². The van der Waals surface area contributed by atoms with Gasteiger partial charge in [0.25, 0.3) is 0 Å². The van der Waals surface area contributed by atoms with Crippen molar-refractivity contribution in [3.63, 3.8) is 0 Å². The number of nitrogens with two attached hydrogens (primary N) is 1. The standard InChI is InChI=1S/C13H18ClNO2/c1-16-10-3-4-11(12(14)7-10)13(5-2-6-15)8-17-9-13/h3-4,7H,2,5-6,8-9,15H2,1H3. The molecule has 0 radical (unpaired) electrons. The number of benzene rings is 1. The molecular formula is C13H18ClNO2. The monoisotopic (exact) mass is 255 g/mol. The highest BCUT2D eigenvalue weighted by Gasteiger charge is 2.41. The summed E-state index contributed by atoms with van der Waals surface area (Å²) in [6, 6.07) is 5.85. The summed E-state index contributed by atoms with van der Waals surface area (Å²) in [7, 11) is 1.64. The van der Waals surface area contributed by atoms with Crippen LogP contribution in [0.25, 0.3) is 0 Å². The molecular weight excluding hydrogens is 238 g/mol. The molecule has 1 fully saturated rings. The summed E-state index contributed by atoms with van der Waals surface area (Å²) in [6.07, 6.45) is 2.02. The number of hydrogen-bond donors (Lipinski definition) is 1. The maximum Gasteiger partial charge on any atom is 0.120 e. The van der Waals surface area contributed by atoms with E-state index in [0.29, 0.717) is 6.54 Å². The van der Waals surface area contributed by atoms with Gasteiger partial charge >= 0.3 is 0 Å². The fourth-order valence-electron chi connectivity index (χ4n) is 2.28. The maximum atomic E-state index is 6.32. The second-order valence-corrected chi connectivity index (χ2v) is 4.92. The van der Waals surface area contributed by atoms with Crippen LogP contribution in [-0.2, 0) is 10.2 Å². The van der Waals surface area contributed by atoms with Crippen molar-refractivity contribution in [2.45, 2.75) is 18.3 Å². The fraction of sp³-hybridized carbons (Fsp3) is 0.538. The van der Waals surface area contributed by atoms with Gasteiger partial charge in [0.2, 0.25) is 0 Å². The van der Waals surface area contributed by atoms with Gasteiger partial charge in [-0.05, 0) is 37.1 Å². The Hall–Kier alpha value is -0.770. The first kappa shape index (κ1) is 12.7. The molecule has 0 aliphatic carbocycles. The molecule has 17 heavy (non-hydrogen) atoms. The van der Waals surface area contributed by atoms with Crippen LogP contribution in [0.15, 0.2) is 18.2 Å². The Labute approximate surface area is 107 Å². The fourth-order valence-corrected chi connectivity index (χ4v) is 2.65. The normalized spacial score (nSPS) is 17.6. The highest BCUT2D eigenvalue weighted by atomic mass is 35.5. The molecule has 0 atom stereocenters. The van der Waals surface area contributed by atoms with Crippen molar-refractivity contribution in [3.8, 4) is 5.75 Å². The summed E-state index contributed by atoms with van der Waals surface area (Å²) in [5, 5.41) is 0.754. The summed E-state index contributed by atoms with van der Waals surface area (Å²) >= 11 is 6.32. The molecule has 1 aromatic rings. The zero-order chi connectivity index (χ0) is 12.3. The minimum atomic E-state index is 0.0583. The molecule has 1 aliphatic rings. The van der Waals surface area contributed by atoms with Gasteiger partial charge in [0, 0.05) is 10.4 Å². The molecule has 0 unspecified atom stereocenters. The third-order valence-corrected chi connectivity index (χ3v) is 3.68. The van der Waals surface area contributed by atoms with E-state index >= 15 is 0 Å². The minimum Gasteiger partial charge on any atom is -0.497 e. The molecule has 1 saturated heterocycles. The first-order chi connectivity index (χ1) is 8.22. The molecule has 2 N–H and O–H groups in total. The average molecular weight is 256 g/mol. The van der Waals surface area contributed by atoms with Crippen molar-refractivity contribution in [2.24, 2.45) is 5.73 Å². The molecule has 0 aromatic heterocycles. The van der Waals surface area contributed by atoms with Crippen LogP contribution in [0.1, 0.15) is 18.4 Å². The molecule has 0 bridgehead atoms. The predicted octanol–water partition coefficient (Wildman–Crippen LogP) is 2.36. The van der Waals surface area contributed by atoms with E-state index in [1.54, 1.807) is 7.11 Å². The molecule has 1 aromatic carbocycles. The van der Waals surface area contributed by atoms with E-state index in [9.17, 15) is 0 Å². The summed E-state index contributed by atoms with van der Waals surface area (Å²) < 4.78 is 10.5. The molecule has 0 spiro atoms. The van der Waals surface area contributed by atoms with Gasteiger partial charge in [0.1, 0.15) is 5.75 Å². The zero-order valence-electron chi connectivity index (χ0n) is 10.0. The van der Waals surface area contributed by atoms with Crippen LogP contribution in [0, 0.1) is 0 Å². The van der Waals surface area contributed by atoms with E-state index in [1.807, 2.05) is 18.2 Å². The smallest absolute Gasteiger partial charge is 0.120 e. The molecule has 0 saturated carbocycles. The van der Waals surface area contributed by atoms with Crippen molar-refractivity contribution in [1.82, 2.24) is 0 Å². The summed E-state index contributed by atoms with van der Waals surface area (Å²) in [4.78, 5) is 0. The van der Waals surface area contributed by atoms with Gasteiger partial charge in [-0.25, -0.2) is 0 Å². The Morgan fingerprint density at radius 2 is 2.24 bits per heavy atom. The van der Waals surface area contributed by atoms with E-state index in [2.05, 4.69) is 0 Å². The molecule has 94 valence electrons. The Morgan fingerprint density at radius 3 is 2.71 bits per heavy atom. The number of rotatable bonds is 5. The van der Waals surface area contributed by atoms with Crippen molar-refractivity contribution in [3.05, 3.63) is 28.8 Å². The van der Waals surface area contributed by atoms with Crippen LogP contribution in [0.3, 0.4) is 0 Å². The predicted molar refractivity (Wildman–Crippen MR) is 68.8 cm³/mol. The van der Waals surface area contributed by atoms with Gasteiger partial charge in [-0.1, -0.05) is 17.7 Å². The van der Waals surface area contributed by atoms with Crippen LogP contribution in [0.5, 0.6) is 5.75 Å². The van der Waals surface area contributed by atoms with Gasteiger partial charge in [0.15, 0.2) is 0 Å². The second kappa shape index (κ2) is 5.25. The highest BCUT2D eigenvalue weighted by molar-refractivity contribution is 6.31. The van der Waals surface area contributed by atoms with Crippen molar-refractivity contribution in [2.75, 3.05) is 26.9 Å². The number of hydrogen-bond acceptors (Lipinski definition) is 3. The van der Waals surface area contributed by atoms with Gasteiger partial charge < -0.3 is 15.2 Å². The average Bonchev–Trinajstić information content (AvgIpc) is 2.29. The van der Waals surface area contributed by atoms with Crippen LogP contribution in [0.4, 0.5) is 0 Å². The van der Waals surface area contributed by atoms with Gasteiger partial charge in [0.05, 0.1) is 20.3 Å². The van der Waals surface area contributed by atoms with E-state index < -0.39 is 0 Å². The summed E-state index contributed by atoms with van der Waals surface area (Å²) in [5.74, 6) is 0.785. The number of halogens is 1. The molecule has 1 aliphatic heterocycles. The van der Waals surface area contributed by atoms with E-state index in [-0.39, 0.29) is 5.41 Å². The van der Waals surface area contributed by atoms with E-state index in [4.69, 9.17) is 26.8 Å². The van der Waals surface area contributed by atoms with Crippen LogP contribution in [0.2, 0.25) is 5.02 Å². The van der Waals surface area contributed by atoms with Gasteiger partial charge in [-0.2, -0.15) is 0 Å². The highest BCUT2D eigenvalue weighted by Crippen LogP contribution is 2.41. The maximum absolute atomic E-state index is 6.32. The Kier molecular flexibility index (Phi) is 3.92. The van der Waals surface area contributed by atoms with Crippen LogP contribution >= 0.6 is 11.6 Å². The molecule has 0 amide bonds. The van der Waals surface area contributed by atoms with Gasteiger partial charge in [-0.3, -0.25) is 0 Å². The Bertz CT molecular complexity index is 391. The first-order valence-corrected chi connectivity index (χ1v) is 6.21. The Balaban J connectivity index is 2.24.